The standard InChI is InChI=1S/C16H20N8O2/c1-3-6-24-13(4-5-18-24)21-14(25)10-23-9-11(8-19-23)12-7-15(26-2)22-16(17)20-12/h4-5,7-9H,3,6,10H2,1-2H3,(H,21,25)(H2,17,20,22). The van der Waals surface area contributed by atoms with Gasteiger partial charge in [0.2, 0.25) is 17.7 Å². The van der Waals surface area contributed by atoms with Crippen molar-refractivity contribution in [1.29, 1.82) is 0 Å². The van der Waals surface area contributed by atoms with Gasteiger partial charge < -0.3 is 15.8 Å². The first kappa shape index (κ1) is 17.4. The van der Waals surface area contributed by atoms with Crippen molar-refractivity contribution in [3.8, 4) is 17.1 Å². The minimum Gasteiger partial charge on any atom is -0.481 e. The predicted molar refractivity (Wildman–Crippen MR) is 95.4 cm³/mol. The van der Waals surface area contributed by atoms with Crippen LogP contribution in [0.1, 0.15) is 13.3 Å². The molecule has 0 radical (unpaired) electrons. The molecule has 3 rings (SSSR count). The first-order valence-electron chi connectivity index (χ1n) is 8.12. The number of rotatable bonds is 7. The summed E-state index contributed by atoms with van der Waals surface area (Å²) in [5.74, 6) is 0.936. The molecule has 136 valence electrons. The number of nitrogens with zero attached hydrogens (tertiary/aromatic N) is 6. The Hall–Kier alpha value is -3.43. The molecule has 0 aromatic carbocycles. The Morgan fingerprint density at radius 3 is 2.96 bits per heavy atom. The van der Waals surface area contributed by atoms with E-state index in [9.17, 15) is 4.79 Å². The fraction of sp³-hybridized carbons (Fsp3) is 0.312. The third kappa shape index (κ3) is 3.97. The van der Waals surface area contributed by atoms with Gasteiger partial charge in [-0.3, -0.25) is 9.48 Å². The van der Waals surface area contributed by atoms with Crippen LogP contribution in [0, 0.1) is 0 Å². The van der Waals surface area contributed by atoms with Crippen LogP contribution < -0.4 is 15.8 Å². The molecule has 0 saturated carbocycles. The quantitative estimate of drug-likeness (QED) is 0.651. The van der Waals surface area contributed by atoms with E-state index in [1.54, 1.807) is 35.4 Å². The zero-order valence-corrected chi connectivity index (χ0v) is 14.6. The number of nitrogens with one attached hydrogen (secondary N) is 1. The second kappa shape index (κ2) is 7.64. The van der Waals surface area contributed by atoms with Crippen molar-refractivity contribution in [2.45, 2.75) is 26.4 Å². The van der Waals surface area contributed by atoms with Crippen molar-refractivity contribution in [3.05, 3.63) is 30.7 Å². The normalized spacial score (nSPS) is 10.7. The summed E-state index contributed by atoms with van der Waals surface area (Å²) < 4.78 is 8.36. The molecule has 10 nitrogen and oxygen atoms in total. The highest BCUT2D eigenvalue weighted by Crippen LogP contribution is 2.21. The number of aromatic nitrogens is 6. The maximum Gasteiger partial charge on any atom is 0.247 e. The second-order valence-corrected chi connectivity index (χ2v) is 5.57. The Morgan fingerprint density at radius 1 is 1.35 bits per heavy atom. The maximum absolute atomic E-state index is 12.3. The van der Waals surface area contributed by atoms with Gasteiger partial charge in [0.1, 0.15) is 12.4 Å². The van der Waals surface area contributed by atoms with E-state index in [1.807, 2.05) is 6.92 Å². The van der Waals surface area contributed by atoms with Crippen molar-refractivity contribution >= 4 is 17.7 Å². The molecule has 0 aliphatic heterocycles. The van der Waals surface area contributed by atoms with Gasteiger partial charge in [0.05, 0.1) is 25.2 Å². The van der Waals surface area contributed by atoms with Crippen LogP contribution in [0.15, 0.2) is 30.7 Å². The average molecular weight is 356 g/mol. The summed E-state index contributed by atoms with van der Waals surface area (Å²) in [4.78, 5) is 20.4. The summed E-state index contributed by atoms with van der Waals surface area (Å²) in [6, 6.07) is 3.42. The lowest BCUT2D eigenvalue weighted by Crippen LogP contribution is -2.21. The molecule has 3 heterocycles. The first-order chi connectivity index (χ1) is 12.6. The Kier molecular flexibility index (Phi) is 5.11. The zero-order valence-electron chi connectivity index (χ0n) is 14.6. The molecule has 0 aliphatic carbocycles. The fourth-order valence-corrected chi connectivity index (χ4v) is 2.44. The number of methoxy groups -OCH3 is 1. The Balaban J connectivity index is 1.69. The van der Waals surface area contributed by atoms with Crippen LogP contribution in [-0.4, -0.2) is 42.5 Å². The van der Waals surface area contributed by atoms with Crippen LogP contribution in [0.3, 0.4) is 0 Å². The summed E-state index contributed by atoms with van der Waals surface area (Å²) in [5, 5.41) is 11.2. The molecule has 10 heteroatoms. The lowest BCUT2D eigenvalue weighted by Gasteiger charge is -2.08. The third-order valence-electron chi connectivity index (χ3n) is 3.58. The summed E-state index contributed by atoms with van der Waals surface area (Å²) >= 11 is 0. The lowest BCUT2D eigenvalue weighted by atomic mass is 10.2. The molecule has 0 bridgehead atoms. The van der Waals surface area contributed by atoms with Crippen molar-refractivity contribution in [1.82, 2.24) is 29.5 Å². The molecule has 1 amide bonds. The number of carbonyl (C=O) groups is 1. The van der Waals surface area contributed by atoms with E-state index >= 15 is 0 Å². The molecule has 0 spiro atoms. The van der Waals surface area contributed by atoms with Crippen LogP contribution in [0.5, 0.6) is 5.88 Å². The third-order valence-corrected chi connectivity index (χ3v) is 3.58. The highest BCUT2D eigenvalue weighted by Gasteiger charge is 2.11. The van der Waals surface area contributed by atoms with E-state index in [4.69, 9.17) is 10.5 Å². The van der Waals surface area contributed by atoms with E-state index in [0.29, 0.717) is 23.0 Å². The molecule has 0 aliphatic rings. The number of carbonyl (C=O) groups excluding carboxylic acids is 1. The van der Waals surface area contributed by atoms with Gasteiger partial charge in [0, 0.05) is 30.4 Å². The smallest absolute Gasteiger partial charge is 0.247 e. The summed E-state index contributed by atoms with van der Waals surface area (Å²) in [7, 11) is 1.50. The minimum atomic E-state index is -0.197. The number of nitrogen functional groups attached to an aromatic ring is 1. The molecule has 3 N–H and O–H groups in total. The summed E-state index contributed by atoms with van der Waals surface area (Å²) in [6.07, 6.45) is 5.91. The number of ether oxygens (including phenoxy) is 1. The van der Waals surface area contributed by atoms with Crippen LogP contribution in [0.4, 0.5) is 11.8 Å². The number of aryl methyl sites for hydroxylation is 1. The van der Waals surface area contributed by atoms with Gasteiger partial charge in [-0.25, -0.2) is 9.67 Å². The van der Waals surface area contributed by atoms with Crippen LogP contribution in [-0.2, 0) is 17.9 Å². The molecule has 0 unspecified atom stereocenters. The molecule has 3 aromatic heterocycles. The highest BCUT2D eigenvalue weighted by atomic mass is 16.5. The van der Waals surface area contributed by atoms with Gasteiger partial charge in [-0.05, 0) is 6.42 Å². The lowest BCUT2D eigenvalue weighted by molar-refractivity contribution is -0.116. The Bertz CT molecular complexity index is 901. The van der Waals surface area contributed by atoms with Gasteiger partial charge in [-0.1, -0.05) is 6.92 Å². The number of hydrogen-bond donors (Lipinski definition) is 2. The SMILES string of the molecule is CCCn1nccc1NC(=O)Cn1cc(-c2cc(OC)nc(N)n2)cn1. The van der Waals surface area contributed by atoms with E-state index in [0.717, 1.165) is 13.0 Å². The van der Waals surface area contributed by atoms with Crippen molar-refractivity contribution in [3.63, 3.8) is 0 Å². The average Bonchev–Trinajstić information content (AvgIpc) is 3.24. The number of amides is 1. The summed E-state index contributed by atoms with van der Waals surface area (Å²) in [6.45, 7) is 2.86. The van der Waals surface area contributed by atoms with E-state index < -0.39 is 0 Å². The number of hydrogen-bond acceptors (Lipinski definition) is 7. The van der Waals surface area contributed by atoms with Gasteiger partial charge in [-0.15, -0.1) is 0 Å². The minimum absolute atomic E-state index is 0.0645. The second-order valence-electron chi connectivity index (χ2n) is 5.57. The molecule has 0 atom stereocenters. The maximum atomic E-state index is 12.3. The van der Waals surface area contributed by atoms with Gasteiger partial charge >= 0.3 is 0 Å². The van der Waals surface area contributed by atoms with Crippen LogP contribution in [0.2, 0.25) is 0 Å². The predicted octanol–water partition coefficient (Wildman–Crippen LogP) is 1.18. The fourth-order valence-electron chi connectivity index (χ4n) is 2.44. The van der Waals surface area contributed by atoms with Crippen LogP contribution >= 0.6 is 0 Å². The van der Waals surface area contributed by atoms with Crippen molar-refractivity contribution < 1.29 is 9.53 Å². The Morgan fingerprint density at radius 2 is 2.19 bits per heavy atom. The zero-order chi connectivity index (χ0) is 18.5. The largest absolute Gasteiger partial charge is 0.481 e. The topological polar surface area (TPSA) is 126 Å². The molecular weight excluding hydrogens is 336 g/mol. The first-order valence-corrected chi connectivity index (χ1v) is 8.12. The van der Waals surface area contributed by atoms with Gasteiger partial charge in [0.15, 0.2) is 0 Å². The van der Waals surface area contributed by atoms with E-state index in [1.165, 1.54) is 11.8 Å². The van der Waals surface area contributed by atoms with E-state index in [-0.39, 0.29) is 18.4 Å². The monoisotopic (exact) mass is 356 g/mol. The molecule has 26 heavy (non-hydrogen) atoms. The van der Waals surface area contributed by atoms with Gasteiger partial charge in [-0.2, -0.15) is 15.2 Å². The van der Waals surface area contributed by atoms with Crippen molar-refractivity contribution in [2.24, 2.45) is 0 Å². The van der Waals surface area contributed by atoms with Crippen LogP contribution in [0.25, 0.3) is 11.3 Å². The number of nitrogens with two attached hydrogens (primary N) is 1. The number of anilines is 2. The summed E-state index contributed by atoms with van der Waals surface area (Å²) in [5.41, 5.74) is 6.95. The molecule has 0 fully saturated rings. The van der Waals surface area contributed by atoms with Crippen molar-refractivity contribution in [2.75, 3.05) is 18.2 Å². The highest BCUT2D eigenvalue weighted by molar-refractivity contribution is 5.89. The Labute approximate surface area is 150 Å². The molecular formula is C16H20N8O2. The molecule has 0 saturated heterocycles. The van der Waals surface area contributed by atoms with Gasteiger partial charge in [0.25, 0.3) is 0 Å². The van der Waals surface area contributed by atoms with E-state index in [2.05, 4.69) is 25.5 Å². The molecule has 3 aromatic rings.